The summed E-state index contributed by atoms with van der Waals surface area (Å²) in [5.74, 6) is -6.34. The van der Waals surface area contributed by atoms with Gasteiger partial charge in [0.15, 0.2) is 22.6 Å². The number of carbonyl (C=O) groups excluding carboxylic acids is 1. The van der Waals surface area contributed by atoms with Crippen molar-refractivity contribution in [2.24, 2.45) is 10.2 Å². The fourth-order valence-corrected chi connectivity index (χ4v) is 3.37. The third kappa shape index (κ3) is 5.17. The van der Waals surface area contributed by atoms with Gasteiger partial charge in [-0.1, -0.05) is 36.0 Å². The van der Waals surface area contributed by atoms with E-state index in [4.69, 9.17) is 9.84 Å². The maximum absolute atomic E-state index is 13.7. The Hall–Kier alpha value is -3.34. The Balaban J connectivity index is 1.68. The number of nitrogens with zero attached hydrogens (tertiary/aromatic N) is 2. The number of halogens is 3. The second-order valence-corrected chi connectivity index (χ2v) is 7.20. The standard InChI is InChI=1S/C19H14F3N3O4S/c20-12-5-6-13(17(22)16(12)21)29-9-11-4-2-1-3-10(11)8-23-25-19-24-18(28)14(30-19)7-15(26)27/h1-6,8,14H,7,9H2,(H,26,27)(H,24,25,28). The smallest absolute Gasteiger partial charge is 0.305 e. The van der Waals surface area contributed by atoms with Crippen LogP contribution in [0.1, 0.15) is 17.5 Å². The van der Waals surface area contributed by atoms with Gasteiger partial charge in [-0.2, -0.15) is 9.49 Å². The summed E-state index contributed by atoms with van der Waals surface area (Å²) in [6.07, 6.45) is 1.03. The van der Waals surface area contributed by atoms with E-state index in [1.54, 1.807) is 24.3 Å². The highest BCUT2D eigenvalue weighted by molar-refractivity contribution is 8.15. The molecule has 0 radical (unpaired) electrons. The van der Waals surface area contributed by atoms with Gasteiger partial charge in [-0.05, 0) is 17.7 Å². The molecule has 30 heavy (non-hydrogen) atoms. The van der Waals surface area contributed by atoms with Crippen LogP contribution >= 0.6 is 11.8 Å². The molecular formula is C19H14F3N3O4S. The number of amidine groups is 1. The average molecular weight is 437 g/mol. The summed E-state index contributed by atoms with van der Waals surface area (Å²) >= 11 is 0.960. The Bertz CT molecular complexity index is 1050. The average Bonchev–Trinajstić information content (AvgIpc) is 3.05. The predicted molar refractivity (Wildman–Crippen MR) is 104 cm³/mol. The molecular weight excluding hydrogens is 423 g/mol. The Kier molecular flexibility index (Phi) is 6.72. The Morgan fingerprint density at radius 3 is 2.73 bits per heavy atom. The molecule has 0 bridgehead atoms. The van der Waals surface area contributed by atoms with Crippen molar-refractivity contribution in [2.45, 2.75) is 18.3 Å². The molecule has 0 aromatic heterocycles. The van der Waals surface area contributed by atoms with Gasteiger partial charge in [-0.3, -0.25) is 9.59 Å². The minimum Gasteiger partial charge on any atom is -0.486 e. The number of amides is 1. The third-order valence-corrected chi connectivity index (χ3v) is 4.99. The molecule has 2 N–H and O–H groups in total. The molecule has 2 aromatic carbocycles. The summed E-state index contributed by atoms with van der Waals surface area (Å²) in [5, 5.41) is 18.3. The van der Waals surface area contributed by atoms with Gasteiger partial charge in [-0.25, -0.2) is 8.78 Å². The molecule has 1 atom stereocenters. The summed E-state index contributed by atoms with van der Waals surface area (Å²) in [7, 11) is 0. The molecule has 1 saturated heterocycles. The van der Waals surface area contributed by atoms with Crippen LogP contribution in [0.4, 0.5) is 13.2 Å². The zero-order chi connectivity index (χ0) is 21.7. The van der Waals surface area contributed by atoms with Gasteiger partial charge in [0.2, 0.25) is 11.7 Å². The van der Waals surface area contributed by atoms with Crippen LogP contribution in [-0.2, 0) is 16.2 Å². The number of thioether (sulfide) groups is 1. The second-order valence-electron chi connectivity index (χ2n) is 6.00. The molecule has 156 valence electrons. The topological polar surface area (TPSA) is 100 Å². The minimum atomic E-state index is -1.62. The highest BCUT2D eigenvalue weighted by atomic mass is 32.2. The Morgan fingerprint density at radius 1 is 1.20 bits per heavy atom. The number of aliphatic carboxylic acids is 1. The number of benzene rings is 2. The predicted octanol–water partition coefficient (Wildman–Crippen LogP) is 3.08. The molecule has 3 rings (SSSR count). The number of ether oxygens (including phenoxy) is 1. The van der Waals surface area contributed by atoms with Crippen LogP contribution in [0.25, 0.3) is 0 Å². The van der Waals surface area contributed by atoms with Crippen molar-refractivity contribution in [1.29, 1.82) is 0 Å². The number of hydrogen-bond acceptors (Lipinski definition) is 6. The van der Waals surface area contributed by atoms with Crippen LogP contribution < -0.4 is 10.1 Å². The summed E-state index contributed by atoms with van der Waals surface area (Å²) in [4.78, 5) is 22.4. The van der Waals surface area contributed by atoms with E-state index in [0.717, 1.165) is 23.9 Å². The molecule has 1 fully saturated rings. The van der Waals surface area contributed by atoms with Crippen molar-refractivity contribution in [2.75, 3.05) is 0 Å². The van der Waals surface area contributed by atoms with Gasteiger partial charge in [0, 0.05) is 5.56 Å². The lowest BCUT2D eigenvalue weighted by atomic mass is 10.1. The van der Waals surface area contributed by atoms with Crippen LogP contribution in [0.5, 0.6) is 5.75 Å². The number of hydrogen-bond donors (Lipinski definition) is 2. The quantitative estimate of drug-likeness (QED) is 0.394. The van der Waals surface area contributed by atoms with Crippen molar-refractivity contribution < 1.29 is 32.6 Å². The number of carbonyl (C=O) groups is 2. The Labute approximate surface area is 172 Å². The van der Waals surface area contributed by atoms with Crippen molar-refractivity contribution in [3.8, 4) is 5.75 Å². The second kappa shape index (κ2) is 9.44. The normalized spacial score (nSPS) is 17.5. The molecule has 1 unspecified atom stereocenters. The van der Waals surface area contributed by atoms with E-state index in [1.807, 2.05) is 0 Å². The number of nitrogens with one attached hydrogen (secondary N) is 1. The zero-order valence-corrected chi connectivity index (χ0v) is 16.0. The third-order valence-electron chi connectivity index (χ3n) is 3.92. The van der Waals surface area contributed by atoms with Crippen LogP contribution in [0, 0.1) is 17.5 Å². The van der Waals surface area contributed by atoms with Gasteiger partial charge >= 0.3 is 5.97 Å². The molecule has 1 aliphatic rings. The molecule has 1 amide bonds. The van der Waals surface area contributed by atoms with Gasteiger partial charge < -0.3 is 15.2 Å². The van der Waals surface area contributed by atoms with Crippen molar-refractivity contribution in [3.05, 3.63) is 65.0 Å². The van der Waals surface area contributed by atoms with Crippen LogP contribution in [0.2, 0.25) is 0 Å². The van der Waals surface area contributed by atoms with Crippen LogP contribution in [0.15, 0.2) is 46.6 Å². The molecule has 0 saturated carbocycles. The molecule has 0 aliphatic carbocycles. The highest BCUT2D eigenvalue weighted by Gasteiger charge is 2.32. The molecule has 1 heterocycles. The molecule has 7 nitrogen and oxygen atoms in total. The molecule has 1 aliphatic heterocycles. The lowest BCUT2D eigenvalue weighted by molar-refractivity contribution is -0.138. The first-order valence-electron chi connectivity index (χ1n) is 8.49. The fourth-order valence-electron chi connectivity index (χ4n) is 2.46. The van der Waals surface area contributed by atoms with E-state index in [1.165, 1.54) is 6.21 Å². The van der Waals surface area contributed by atoms with Crippen molar-refractivity contribution >= 4 is 35.0 Å². The molecule has 11 heteroatoms. The number of rotatable bonds is 7. The van der Waals surface area contributed by atoms with Crippen LogP contribution in [-0.4, -0.2) is 33.6 Å². The largest absolute Gasteiger partial charge is 0.486 e. The lowest BCUT2D eigenvalue weighted by Gasteiger charge is -2.09. The van der Waals surface area contributed by atoms with E-state index < -0.39 is 40.3 Å². The van der Waals surface area contributed by atoms with E-state index in [0.29, 0.717) is 11.1 Å². The van der Waals surface area contributed by atoms with Crippen LogP contribution in [0.3, 0.4) is 0 Å². The monoisotopic (exact) mass is 437 g/mol. The molecule has 2 aromatic rings. The van der Waals surface area contributed by atoms with Gasteiger partial charge in [0.05, 0.1) is 12.6 Å². The fraction of sp³-hybridized carbons (Fsp3) is 0.158. The summed E-state index contributed by atoms with van der Waals surface area (Å²) in [6.45, 7) is -0.146. The Morgan fingerprint density at radius 2 is 1.97 bits per heavy atom. The number of carboxylic acids is 1. The maximum atomic E-state index is 13.7. The zero-order valence-electron chi connectivity index (χ0n) is 15.1. The maximum Gasteiger partial charge on any atom is 0.305 e. The summed E-state index contributed by atoms with van der Waals surface area (Å²) < 4.78 is 45.3. The van der Waals surface area contributed by atoms with Crippen molar-refractivity contribution in [1.82, 2.24) is 5.32 Å². The van der Waals surface area contributed by atoms with Gasteiger partial charge in [0.25, 0.3) is 0 Å². The summed E-state index contributed by atoms with van der Waals surface area (Å²) in [6, 6.07) is 8.52. The van der Waals surface area contributed by atoms with E-state index in [9.17, 15) is 22.8 Å². The van der Waals surface area contributed by atoms with Crippen molar-refractivity contribution in [3.63, 3.8) is 0 Å². The lowest BCUT2D eigenvalue weighted by Crippen LogP contribution is -2.26. The first kappa shape index (κ1) is 21.4. The van der Waals surface area contributed by atoms with Gasteiger partial charge in [-0.15, -0.1) is 5.10 Å². The summed E-state index contributed by atoms with van der Waals surface area (Å²) in [5.41, 5.74) is 1.12. The van der Waals surface area contributed by atoms with E-state index in [2.05, 4.69) is 15.5 Å². The first-order chi connectivity index (χ1) is 14.3. The first-order valence-corrected chi connectivity index (χ1v) is 9.37. The number of carboxylic acid groups (broad SMARTS) is 1. The van der Waals surface area contributed by atoms with E-state index >= 15 is 0 Å². The molecule has 0 spiro atoms. The highest BCUT2D eigenvalue weighted by Crippen LogP contribution is 2.24. The SMILES string of the molecule is O=C(O)CC1SC(=NN=Cc2ccccc2COc2ccc(F)c(F)c2F)NC1=O. The van der Waals surface area contributed by atoms with E-state index in [-0.39, 0.29) is 18.2 Å². The van der Waals surface area contributed by atoms with Gasteiger partial charge in [0.1, 0.15) is 11.9 Å². The minimum absolute atomic E-state index is 0.146.